The zero-order chi connectivity index (χ0) is 18.5. The molecule has 6 nitrogen and oxygen atoms in total. The van der Waals surface area contributed by atoms with E-state index in [0.717, 1.165) is 35.1 Å². The lowest BCUT2D eigenvalue weighted by Gasteiger charge is -2.27. The third-order valence-electron chi connectivity index (χ3n) is 4.59. The molecule has 2 N–H and O–H groups in total. The van der Waals surface area contributed by atoms with Crippen molar-refractivity contribution in [2.75, 3.05) is 25.6 Å². The van der Waals surface area contributed by atoms with Gasteiger partial charge in [0.2, 0.25) is 0 Å². The van der Waals surface area contributed by atoms with Crippen molar-refractivity contribution in [3.05, 3.63) is 59.6 Å². The van der Waals surface area contributed by atoms with Crippen LogP contribution in [0.15, 0.2) is 42.9 Å². The molecule has 3 rings (SSSR count). The number of allylic oxidation sites excluding steroid dienone is 1. The van der Waals surface area contributed by atoms with Gasteiger partial charge in [-0.3, -0.25) is 4.98 Å². The first-order valence-corrected chi connectivity index (χ1v) is 8.48. The van der Waals surface area contributed by atoms with Gasteiger partial charge in [0.15, 0.2) is 0 Å². The topological polar surface area (TPSA) is 80.7 Å². The lowest BCUT2D eigenvalue weighted by molar-refractivity contribution is 0.0601. The number of pyridine rings is 1. The van der Waals surface area contributed by atoms with Crippen LogP contribution in [0.2, 0.25) is 0 Å². The number of anilines is 1. The Kier molecular flexibility index (Phi) is 5.41. The fraction of sp³-hybridized carbons (Fsp3) is 0.300. The van der Waals surface area contributed by atoms with E-state index in [1.54, 1.807) is 18.5 Å². The molecule has 1 atom stereocenters. The zero-order valence-electron chi connectivity index (χ0n) is 14.9. The molecule has 1 aromatic carbocycles. The van der Waals surface area contributed by atoms with E-state index in [1.807, 2.05) is 25.1 Å². The lowest BCUT2D eigenvalue weighted by atomic mass is 9.91. The minimum atomic E-state index is -0.391. The van der Waals surface area contributed by atoms with Crippen LogP contribution in [0.4, 0.5) is 5.69 Å². The smallest absolute Gasteiger partial charge is 0.340 e. The monoisotopic (exact) mass is 354 g/mol. The second kappa shape index (κ2) is 7.91. The molecule has 0 amide bonds. The summed E-state index contributed by atoms with van der Waals surface area (Å²) in [5.41, 5.74) is 3.95. The summed E-state index contributed by atoms with van der Waals surface area (Å²) in [4.78, 5) is 16.0. The molecule has 1 aromatic heterocycles. The highest BCUT2D eigenvalue weighted by Gasteiger charge is 2.22. The van der Waals surface area contributed by atoms with Crippen LogP contribution in [0.25, 0.3) is 5.57 Å². The maximum Gasteiger partial charge on any atom is 0.340 e. The maximum absolute atomic E-state index is 11.9. The largest absolute Gasteiger partial charge is 0.515 e. The molecular formula is C20H22N2O4. The van der Waals surface area contributed by atoms with Crippen molar-refractivity contribution in [3.63, 3.8) is 0 Å². The molecule has 0 aliphatic carbocycles. The molecule has 1 aliphatic rings. The average Bonchev–Trinajstić information content (AvgIpc) is 2.70. The number of aliphatic hydroxyl groups excluding tert-OH is 1. The number of fused-ring (bicyclic) bond motifs is 1. The number of rotatable bonds is 5. The molecule has 0 spiro atoms. The van der Waals surface area contributed by atoms with Gasteiger partial charge in [-0.1, -0.05) is 12.1 Å². The SMILES string of the molecule is COC(=O)c1ccncc1NCC1CCOc2cc(/C(C)=C/O)ccc21. The van der Waals surface area contributed by atoms with Gasteiger partial charge in [0, 0.05) is 18.7 Å². The minimum Gasteiger partial charge on any atom is -0.515 e. The van der Waals surface area contributed by atoms with Crippen LogP contribution < -0.4 is 10.1 Å². The molecule has 0 fully saturated rings. The van der Waals surface area contributed by atoms with Crippen LogP contribution in [0.1, 0.15) is 40.7 Å². The van der Waals surface area contributed by atoms with E-state index < -0.39 is 5.97 Å². The summed E-state index contributed by atoms with van der Waals surface area (Å²) in [6.45, 7) is 3.13. The van der Waals surface area contributed by atoms with E-state index in [-0.39, 0.29) is 5.92 Å². The van der Waals surface area contributed by atoms with Crippen LogP contribution in [0.3, 0.4) is 0 Å². The summed E-state index contributed by atoms with van der Waals surface area (Å²) in [6, 6.07) is 7.61. The number of aromatic nitrogens is 1. The third kappa shape index (κ3) is 3.64. The number of carbonyl (C=O) groups excluding carboxylic acids is 1. The Hall–Kier alpha value is -3.02. The number of methoxy groups -OCH3 is 1. The molecule has 26 heavy (non-hydrogen) atoms. The number of hydrogen-bond donors (Lipinski definition) is 2. The van der Waals surface area contributed by atoms with E-state index in [4.69, 9.17) is 9.47 Å². The number of nitrogens with zero attached hydrogens (tertiary/aromatic N) is 1. The molecule has 0 saturated carbocycles. The third-order valence-corrected chi connectivity index (χ3v) is 4.59. The Morgan fingerprint density at radius 1 is 1.46 bits per heavy atom. The predicted octanol–water partition coefficient (Wildman–Crippen LogP) is 3.77. The van der Waals surface area contributed by atoms with Crippen LogP contribution in [0, 0.1) is 0 Å². The van der Waals surface area contributed by atoms with E-state index in [9.17, 15) is 9.90 Å². The van der Waals surface area contributed by atoms with Crippen molar-refractivity contribution < 1.29 is 19.4 Å². The van der Waals surface area contributed by atoms with Gasteiger partial charge < -0.3 is 19.9 Å². The van der Waals surface area contributed by atoms with Crippen molar-refractivity contribution in [1.82, 2.24) is 4.98 Å². The lowest BCUT2D eigenvalue weighted by Crippen LogP contribution is -2.21. The summed E-state index contributed by atoms with van der Waals surface area (Å²) >= 11 is 0. The van der Waals surface area contributed by atoms with Crippen LogP contribution in [-0.4, -0.2) is 36.3 Å². The number of hydrogen-bond acceptors (Lipinski definition) is 6. The van der Waals surface area contributed by atoms with E-state index in [0.29, 0.717) is 24.4 Å². The van der Waals surface area contributed by atoms with Crippen molar-refractivity contribution in [2.45, 2.75) is 19.3 Å². The normalized spacial score (nSPS) is 16.4. The molecule has 1 unspecified atom stereocenters. The van der Waals surface area contributed by atoms with Crippen molar-refractivity contribution in [1.29, 1.82) is 0 Å². The summed E-state index contributed by atoms with van der Waals surface area (Å²) in [7, 11) is 1.36. The van der Waals surface area contributed by atoms with E-state index >= 15 is 0 Å². The highest BCUT2D eigenvalue weighted by atomic mass is 16.5. The number of nitrogens with one attached hydrogen (secondary N) is 1. The van der Waals surface area contributed by atoms with Gasteiger partial charge >= 0.3 is 5.97 Å². The maximum atomic E-state index is 11.9. The van der Waals surface area contributed by atoms with Crippen molar-refractivity contribution >= 4 is 17.2 Å². The van der Waals surface area contributed by atoms with Gasteiger partial charge in [0.1, 0.15) is 5.75 Å². The molecule has 1 aliphatic heterocycles. The van der Waals surface area contributed by atoms with Crippen molar-refractivity contribution in [3.8, 4) is 5.75 Å². The number of carbonyl (C=O) groups is 1. The van der Waals surface area contributed by atoms with Gasteiger partial charge in [-0.2, -0.15) is 0 Å². The Bertz CT molecular complexity index is 832. The number of benzene rings is 1. The minimum absolute atomic E-state index is 0.247. The Balaban J connectivity index is 1.78. The molecular weight excluding hydrogens is 332 g/mol. The molecule has 0 saturated heterocycles. The van der Waals surface area contributed by atoms with Gasteiger partial charge in [0.25, 0.3) is 0 Å². The van der Waals surface area contributed by atoms with Crippen molar-refractivity contribution in [2.24, 2.45) is 0 Å². The number of aliphatic hydroxyl groups is 1. The summed E-state index contributed by atoms with van der Waals surface area (Å²) < 4.78 is 10.6. The quantitative estimate of drug-likeness (QED) is 0.628. The fourth-order valence-electron chi connectivity index (χ4n) is 3.05. The first-order chi connectivity index (χ1) is 12.6. The second-order valence-corrected chi connectivity index (χ2v) is 6.19. The molecule has 136 valence electrons. The Labute approximate surface area is 152 Å². The first kappa shape index (κ1) is 17.8. The van der Waals surface area contributed by atoms with E-state index in [2.05, 4.69) is 10.3 Å². The van der Waals surface area contributed by atoms with Gasteiger partial charge in [-0.05, 0) is 42.2 Å². The highest BCUT2D eigenvalue weighted by Crippen LogP contribution is 2.36. The summed E-state index contributed by atoms with van der Waals surface area (Å²) in [5.74, 6) is 0.691. The predicted molar refractivity (Wildman–Crippen MR) is 99.6 cm³/mol. The fourth-order valence-corrected chi connectivity index (χ4v) is 3.05. The van der Waals surface area contributed by atoms with Gasteiger partial charge in [-0.25, -0.2) is 4.79 Å². The van der Waals surface area contributed by atoms with Crippen LogP contribution >= 0.6 is 0 Å². The molecule has 0 bridgehead atoms. The summed E-state index contributed by atoms with van der Waals surface area (Å²) in [5, 5.41) is 12.5. The molecule has 6 heteroatoms. The Morgan fingerprint density at radius 3 is 3.08 bits per heavy atom. The first-order valence-electron chi connectivity index (χ1n) is 8.48. The zero-order valence-corrected chi connectivity index (χ0v) is 14.9. The highest BCUT2D eigenvalue weighted by molar-refractivity contribution is 5.95. The molecule has 2 heterocycles. The second-order valence-electron chi connectivity index (χ2n) is 6.19. The number of esters is 1. The average molecular weight is 354 g/mol. The van der Waals surface area contributed by atoms with Crippen LogP contribution in [0.5, 0.6) is 5.75 Å². The van der Waals surface area contributed by atoms with E-state index in [1.165, 1.54) is 7.11 Å². The van der Waals surface area contributed by atoms with Crippen LogP contribution in [-0.2, 0) is 4.74 Å². The Morgan fingerprint density at radius 2 is 2.31 bits per heavy atom. The van der Waals surface area contributed by atoms with Gasteiger partial charge in [0.05, 0.1) is 37.4 Å². The molecule has 2 aromatic rings. The standard InChI is InChI=1S/C20H22N2O4/c1-13(12-23)14-3-4-16-15(6-8-26-19(16)9-14)10-22-18-11-21-7-5-17(18)20(24)25-2/h3-5,7,9,11-12,15,22-23H,6,8,10H2,1-2H3/b13-12+. The molecule has 0 radical (unpaired) electrons. The summed E-state index contributed by atoms with van der Waals surface area (Å²) in [6.07, 6.45) is 5.17. The number of ether oxygens (including phenoxy) is 2. The van der Waals surface area contributed by atoms with Gasteiger partial charge in [-0.15, -0.1) is 0 Å².